The van der Waals surface area contributed by atoms with Crippen LogP contribution < -0.4 is 0 Å². The Labute approximate surface area is 108 Å². The first-order valence-corrected chi connectivity index (χ1v) is 6.41. The summed E-state index contributed by atoms with van der Waals surface area (Å²) in [5.41, 5.74) is 0.119. The van der Waals surface area contributed by atoms with Crippen LogP contribution in [0.1, 0.15) is 17.7 Å². The molecule has 1 fully saturated rings. The summed E-state index contributed by atoms with van der Waals surface area (Å²) in [6.07, 6.45) is 3.28. The van der Waals surface area contributed by atoms with Crippen molar-refractivity contribution in [2.24, 2.45) is 5.92 Å². The maximum absolute atomic E-state index is 11.9. The second kappa shape index (κ2) is 5.02. The number of hydrogen-bond donors (Lipinski definition) is 0. The first-order valence-electron chi connectivity index (χ1n) is 5.21. The van der Waals surface area contributed by atoms with Gasteiger partial charge in [0.2, 0.25) is 0 Å². The number of Topliss-reactive ketones (excluding diaryl/α,β-unsaturated/α-hetero) is 1. The van der Waals surface area contributed by atoms with Crippen LogP contribution in [0.3, 0.4) is 0 Å². The zero-order chi connectivity index (χ0) is 12.4. The Morgan fingerprint density at radius 2 is 2.18 bits per heavy atom. The van der Waals surface area contributed by atoms with Crippen molar-refractivity contribution in [3.8, 4) is 0 Å². The van der Waals surface area contributed by atoms with Crippen LogP contribution in [0.5, 0.6) is 0 Å². The second-order valence-electron chi connectivity index (χ2n) is 3.83. The van der Waals surface area contributed by atoms with E-state index in [1.165, 1.54) is 18.4 Å². The van der Waals surface area contributed by atoms with Crippen LogP contribution in [0.4, 0.5) is 0 Å². The lowest BCUT2D eigenvalue weighted by Crippen LogP contribution is -2.15. The molecule has 1 saturated carbocycles. The van der Waals surface area contributed by atoms with E-state index in [1.807, 2.05) is 0 Å². The molecule has 1 heterocycles. The number of esters is 1. The fourth-order valence-electron chi connectivity index (χ4n) is 1.45. The standard InChI is InChI=1S/C12H11ClO3S/c1-16-12(15)9(11(14)7-2-3-7)6-8-4-5-10(13)17-8/h4-7H,2-3H2,1H3. The third kappa shape index (κ3) is 2.96. The first kappa shape index (κ1) is 12.3. The third-order valence-electron chi connectivity index (χ3n) is 2.50. The normalized spacial score (nSPS) is 15.8. The van der Waals surface area contributed by atoms with E-state index in [0.717, 1.165) is 17.7 Å². The Balaban J connectivity index is 2.28. The Morgan fingerprint density at radius 3 is 2.65 bits per heavy atom. The van der Waals surface area contributed by atoms with Gasteiger partial charge in [0.1, 0.15) is 5.57 Å². The highest BCUT2D eigenvalue weighted by molar-refractivity contribution is 7.17. The highest BCUT2D eigenvalue weighted by atomic mass is 35.5. The molecule has 2 rings (SSSR count). The summed E-state index contributed by atoms with van der Waals surface area (Å²) in [6.45, 7) is 0. The monoisotopic (exact) mass is 270 g/mol. The molecule has 0 N–H and O–H groups in total. The molecule has 1 aliphatic carbocycles. The maximum Gasteiger partial charge on any atom is 0.341 e. The van der Waals surface area contributed by atoms with Crippen molar-refractivity contribution in [1.29, 1.82) is 0 Å². The van der Waals surface area contributed by atoms with Gasteiger partial charge in [-0.1, -0.05) is 11.6 Å². The van der Waals surface area contributed by atoms with Crippen molar-refractivity contribution in [1.82, 2.24) is 0 Å². The Morgan fingerprint density at radius 1 is 1.47 bits per heavy atom. The molecule has 90 valence electrons. The van der Waals surface area contributed by atoms with E-state index in [-0.39, 0.29) is 17.3 Å². The number of ketones is 1. The van der Waals surface area contributed by atoms with Crippen LogP contribution in [-0.4, -0.2) is 18.9 Å². The number of hydrogen-bond acceptors (Lipinski definition) is 4. The Bertz CT molecular complexity index is 486. The minimum Gasteiger partial charge on any atom is -0.465 e. The Kier molecular flexibility index (Phi) is 3.64. The van der Waals surface area contributed by atoms with Gasteiger partial charge in [0.05, 0.1) is 11.4 Å². The van der Waals surface area contributed by atoms with Crippen LogP contribution in [0.25, 0.3) is 6.08 Å². The minimum absolute atomic E-state index is 0.00390. The molecule has 0 radical (unpaired) electrons. The summed E-state index contributed by atoms with van der Waals surface area (Å²) in [7, 11) is 1.28. The molecule has 5 heteroatoms. The molecule has 17 heavy (non-hydrogen) atoms. The smallest absolute Gasteiger partial charge is 0.341 e. The third-order valence-corrected chi connectivity index (χ3v) is 3.68. The highest BCUT2D eigenvalue weighted by Gasteiger charge is 2.34. The van der Waals surface area contributed by atoms with Crippen molar-refractivity contribution < 1.29 is 14.3 Å². The summed E-state index contributed by atoms with van der Waals surface area (Å²) >= 11 is 7.12. The fourth-order valence-corrected chi connectivity index (χ4v) is 2.46. The SMILES string of the molecule is COC(=O)C(=Cc1ccc(Cl)s1)C(=O)C1CC1. The van der Waals surface area contributed by atoms with Gasteiger partial charge in [-0.3, -0.25) is 4.79 Å². The summed E-state index contributed by atoms with van der Waals surface area (Å²) < 4.78 is 5.26. The van der Waals surface area contributed by atoms with E-state index in [2.05, 4.69) is 4.74 Å². The fraction of sp³-hybridized carbons (Fsp3) is 0.333. The maximum atomic E-state index is 11.9. The number of halogens is 1. The molecular weight excluding hydrogens is 260 g/mol. The second-order valence-corrected chi connectivity index (χ2v) is 5.58. The largest absolute Gasteiger partial charge is 0.465 e. The van der Waals surface area contributed by atoms with Crippen molar-refractivity contribution in [3.63, 3.8) is 0 Å². The summed E-state index contributed by atoms with van der Waals surface area (Å²) in [5, 5.41) is 0. The molecule has 0 unspecified atom stereocenters. The van der Waals surface area contributed by atoms with Crippen molar-refractivity contribution >= 4 is 40.8 Å². The average molecular weight is 271 g/mol. The molecule has 0 aromatic carbocycles. The highest BCUT2D eigenvalue weighted by Crippen LogP contribution is 2.33. The van der Waals surface area contributed by atoms with Crippen LogP contribution in [0.15, 0.2) is 17.7 Å². The predicted octanol–water partition coefficient (Wildman–Crippen LogP) is 2.94. The summed E-state index contributed by atoms with van der Waals surface area (Å²) in [5.74, 6) is -0.705. The quantitative estimate of drug-likeness (QED) is 0.366. The Hall–Kier alpha value is -1.13. The van der Waals surface area contributed by atoms with Crippen molar-refractivity contribution in [3.05, 3.63) is 26.9 Å². The van der Waals surface area contributed by atoms with Gasteiger partial charge in [-0.05, 0) is 31.1 Å². The van der Waals surface area contributed by atoms with Crippen LogP contribution >= 0.6 is 22.9 Å². The molecule has 0 aliphatic heterocycles. The minimum atomic E-state index is -0.577. The van der Waals surface area contributed by atoms with Gasteiger partial charge in [0, 0.05) is 10.8 Å². The van der Waals surface area contributed by atoms with Gasteiger partial charge >= 0.3 is 5.97 Å². The van der Waals surface area contributed by atoms with Crippen molar-refractivity contribution in [2.75, 3.05) is 7.11 Å². The molecule has 1 aromatic heterocycles. The van der Waals surface area contributed by atoms with Gasteiger partial charge in [0.15, 0.2) is 5.78 Å². The van der Waals surface area contributed by atoms with Crippen LogP contribution in [0, 0.1) is 5.92 Å². The number of methoxy groups -OCH3 is 1. The molecule has 0 saturated heterocycles. The van der Waals surface area contributed by atoms with E-state index < -0.39 is 5.97 Å². The van der Waals surface area contributed by atoms with Gasteiger partial charge < -0.3 is 4.74 Å². The van der Waals surface area contributed by atoms with Gasteiger partial charge in [-0.25, -0.2) is 4.79 Å². The van der Waals surface area contributed by atoms with E-state index >= 15 is 0 Å². The van der Waals surface area contributed by atoms with Crippen molar-refractivity contribution in [2.45, 2.75) is 12.8 Å². The lowest BCUT2D eigenvalue weighted by atomic mass is 10.1. The number of carbonyl (C=O) groups excluding carboxylic acids is 2. The number of ether oxygens (including phenoxy) is 1. The van der Waals surface area contributed by atoms with Gasteiger partial charge in [0.25, 0.3) is 0 Å². The molecule has 0 spiro atoms. The molecule has 1 aromatic rings. The molecule has 3 nitrogen and oxygen atoms in total. The summed E-state index contributed by atoms with van der Waals surface area (Å²) in [6, 6.07) is 3.50. The molecular formula is C12H11ClO3S. The zero-order valence-corrected chi connectivity index (χ0v) is 10.8. The first-order chi connectivity index (χ1) is 8.11. The van der Waals surface area contributed by atoms with Gasteiger partial charge in [-0.2, -0.15) is 0 Å². The topological polar surface area (TPSA) is 43.4 Å². The van der Waals surface area contributed by atoms with E-state index in [9.17, 15) is 9.59 Å². The molecule has 0 amide bonds. The number of carbonyl (C=O) groups is 2. The van der Waals surface area contributed by atoms with E-state index in [4.69, 9.17) is 11.6 Å². The summed E-state index contributed by atoms with van der Waals surface area (Å²) in [4.78, 5) is 24.3. The molecule has 0 bridgehead atoms. The lowest BCUT2D eigenvalue weighted by Gasteiger charge is -2.02. The van der Waals surface area contributed by atoms with E-state index in [0.29, 0.717) is 4.34 Å². The zero-order valence-electron chi connectivity index (χ0n) is 9.23. The average Bonchev–Trinajstić information content (AvgIpc) is 3.08. The number of thiophene rings is 1. The van der Waals surface area contributed by atoms with Crippen LogP contribution in [-0.2, 0) is 14.3 Å². The van der Waals surface area contributed by atoms with Crippen LogP contribution in [0.2, 0.25) is 4.34 Å². The molecule has 1 aliphatic rings. The number of rotatable bonds is 4. The molecule has 0 atom stereocenters. The lowest BCUT2D eigenvalue weighted by molar-refractivity contribution is -0.137. The predicted molar refractivity (Wildman–Crippen MR) is 67.1 cm³/mol. The van der Waals surface area contributed by atoms with Gasteiger partial charge in [-0.15, -0.1) is 11.3 Å². The van der Waals surface area contributed by atoms with E-state index in [1.54, 1.807) is 18.2 Å².